The molecule has 0 bridgehead atoms. The summed E-state index contributed by atoms with van der Waals surface area (Å²) in [6.45, 7) is 1.35. The first-order valence-electron chi connectivity index (χ1n) is 6.58. The molecule has 1 fully saturated rings. The van der Waals surface area contributed by atoms with Crippen molar-refractivity contribution in [3.63, 3.8) is 0 Å². The van der Waals surface area contributed by atoms with Gasteiger partial charge < -0.3 is 10.0 Å². The highest BCUT2D eigenvalue weighted by molar-refractivity contribution is 7.13. The molecule has 3 heterocycles. The van der Waals surface area contributed by atoms with Gasteiger partial charge >= 0.3 is 5.97 Å². The highest BCUT2D eigenvalue weighted by atomic mass is 32.1. The minimum absolute atomic E-state index is 0.309. The Kier molecular flexibility index (Phi) is 3.64. The molecule has 1 aliphatic heterocycles. The van der Waals surface area contributed by atoms with Crippen molar-refractivity contribution >= 4 is 23.1 Å². The first-order chi connectivity index (χ1) is 9.74. The molecule has 5 nitrogen and oxygen atoms in total. The summed E-state index contributed by atoms with van der Waals surface area (Å²) < 4.78 is 0. The fraction of sp³-hybridized carbons (Fsp3) is 0.357. The van der Waals surface area contributed by atoms with Crippen LogP contribution in [0.25, 0.3) is 10.6 Å². The van der Waals surface area contributed by atoms with Crippen LogP contribution >= 0.6 is 11.3 Å². The summed E-state index contributed by atoms with van der Waals surface area (Å²) >= 11 is 1.62. The molecule has 104 valence electrons. The van der Waals surface area contributed by atoms with E-state index in [1.165, 1.54) is 0 Å². The van der Waals surface area contributed by atoms with Crippen molar-refractivity contribution in [1.82, 2.24) is 9.97 Å². The summed E-state index contributed by atoms with van der Waals surface area (Å²) in [5.74, 6) is -0.269. The smallest absolute Gasteiger partial charge is 0.308 e. The lowest BCUT2D eigenvalue weighted by Crippen LogP contribution is -2.39. The first kappa shape index (κ1) is 13.1. The SMILES string of the molecule is O=C(O)C1CCCN(c2cncc(-c3cccs3)n2)C1. The van der Waals surface area contributed by atoms with Crippen LogP contribution in [0.15, 0.2) is 29.9 Å². The molecular weight excluding hydrogens is 274 g/mol. The molecule has 0 saturated carbocycles. The minimum atomic E-state index is -0.725. The van der Waals surface area contributed by atoms with Gasteiger partial charge in [0.25, 0.3) is 0 Å². The summed E-state index contributed by atoms with van der Waals surface area (Å²) in [6, 6.07) is 3.99. The summed E-state index contributed by atoms with van der Waals surface area (Å²) in [5, 5.41) is 11.2. The number of piperidine rings is 1. The number of carboxylic acid groups (broad SMARTS) is 1. The molecule has 3 rings (SSSR count). The summed E-state index contributed by atoms with van der Waals surface area (Å²) in [7, 11) is 0. The third kappa shape index (κ3) is 2.65. The maximum atomic E-state index is 11.1. The number of carboxylic acids is 1. The standard InChI is InChI=1S/C14H15N3O2S/c18-14(19)10-3-1-5-17(9-10)13-8-15-7-11(16-13)12-4-2-6-20-12/h2,4,6-8,10H,1,3,5,9H2,(H,18,19). The van der Waals surface area contributed by atoms with E-state index in [9.17, 15) is 4.79 Å². The maximum absolute atomic E-state index is 11.1. The van der Waals surface area contributed by atoms with Crippen LogP contribution in [-0.2, 0) is 4.79 Å². The van der Waals surface area contributed by atoms with E-state index in [4.69, 9.17) is 5.11 Å². The zero-order chi connectivity index (χ0) is 13.9. The van der Waals surface area contributed by atoms with Crippen molar-refractivity contribution < 1.29 is 9.90 Å². The molecule has 0 spiro atoms. The van der Waals surface area contributed by atoms with Gasteiger partial charge in [-0.1, -0.05) is 6.07 Å². The topological polar surface area (TPSA) is 66.3 Å². The number of thiophene rings is 1. The molecule has 1 aliphatic rings. The molecule has 0 aliphatic carbocycles. The van der Waals surface area contributed by atoms with E-state index in [1.54, 1.807) is 23.7 Å². The molecule has 2 aromatic rings. The number of hydrogen-bond donors (Lipinski definition) is 1. The first-order valence-corrected chi connectivity index (χ1v) is 7.45. The number of aliphatic carboxylic acids is 1. The molecule has 20 heavy (non-hydrogen) atoms. The summed E-state index contributed by atoms with van der Waals surface area (Å²) in [5.41, 5.74) is 0.843. The van der Waals surface area contributed by atoms with E-state index in [2.05, 4.69) is 9.97 Å². The molecule has 1 unspecified atom stereocenters. The van der Waals surface area contributed by atoms with Crippen molar-refractivity contribution in [1.29, 1.82) is 0 Å². The fourth-order valence-electron chi connectivity index (χ4n) is 2.44. The third-order valence-corrected chi connectivity index (χ3v) is 4.38. The van der Waals surface area contributed by atoms with Crippen molar-refractivity contribution in [3.8, 4) is 10.6 Å². The van der Waals surface area contributed by atoms with E-state index in [0.29, 0.717) is 6.54 Å². The van der Waals surface area contributed by atoms with Gasteiger partial charge in [-0.3, -0.25) is 9.78 Å². The molecule has 0 aromatic carbocycles. The molecule has 1 atom stereocenters. The summed E-state index contributed by atoms with van der Waals surface area (Å²) in [4.78, 5) is 23.1. The second-order valence-corrected chi connectivity index (χ2v) is 5.81. The minimum Gasteiger partial charge on any atom is -0.481 e. The number of aromatic nitrogens is 2. The van der Waals surface area contributed by atoms with Crippen molar-refractivity contribution in [2.75, 3.05) is 18.0 Å². The molecule has 6 heteroatoms. The maximum Gasteiger partial charge on any atom is 0.308 e. The van der Waals surface area contributed by atoms with E-state index < -0.39 is 5.97 Å². The van der Waals surface area contributed by atoms with Gasteiger partial charge in [-0.15, -0.1) is 11.3 Å². The van der Waals surface area contributed by atoms with Crippen molar-refractivity contribution in [2.24, 2.45) is 5.92 Å². The van der Waals surface area contributed by atoms with Gasteiger partial charge in [-0.2, -0.15) is 0 Å². The van der Waals surface area contributed by atoms with Gasteiger partial charge in [0.2, 0.25) is 0 Å². The Bertz CT molecular complexity index is 600. The van der Waals surface area contributed by atoms with Crippen LogP contribution in [0.5, 0.6) is 0 Å². The Morgan fingerprint density at radius 3 is 3.10 bits per heavy atom. The molecule has 0 radical (unpaired) electrons. The molecule has 2 aromatic heterocycles. The quantitative estimate of drug-likeness (QED) is 0.940. The Labute approximate surface area is 120 Å². The second kappa shape index (κ2) is 5.58. The number of anilines is 1. The number of rotatable bonds is 3. The lowest BCUT2D eigenvalue weighted by atomic mass is 9.98. The Balaban J connectivity index is 1.83. The van der Waals surface area contributed by atoms with Crippen LogP contribution in [0.3, 0.4) is 0 Å². The monoisotopic (exact) mass is 289 g/mol. The predicted molar refractivity (Wildman–Crippen MR) is 77.9 cm³/mol. The number of nitrogens with zero attached hydrogens (tertiary/aromatic N) is 3. The van der Waals surface area contributed by atoms with Crippen LogP contribution in [0, 0.1) is 5.92 Å². The predicted octanol–water partition coefficient (Wildman–Crippen LogP) is 2.51. The molecular formula is C14H15N3O2S. The zero-order valence-electron chi connectivity index (χ0n) is 10.9. The Morgan fingerprint density at radius 1 is 1.45 bits per heavy atom. The van der Waals surface area contributed by atoms with E-state index >= 15 is 0 Å². The average Bonchev–Trinajstić information content (AvgIpc) is 3.02. The highest BCUT2D eigenvalue weighted by Gasteiger charge is 2.26. The third-order valence-electron chi connectivity index (χ3n) is 3.49. The number of hydrogen-bond acceptors (Lipinski definition) is 5. The molecule has 1 N–H and O–H groups in total. The second-order valence-electron chi connectivity index (χ2n) is 4.86. The zero-order valence-corrected chi connectivity index (χ0v) is 11.7. The van der Waals surface area contributed by atoms with Gasteiger partial charge in [0, 0.05) is 13.1 Å². The van der Waals surface area contributed by atoms with E-state index in [1.807, 2.05) is 22.4 Å². The highest BCUT2D eigenvalue weighted by Crippen LogP contribution is 2.26. The van der Waals surface area contributed by atoms with Gasteiger partial charge in [0.15, 0.2) is 0 Å². The van der Waals surface area contributed by atoms with Crippen LogP contribution in [0.2, 0.25) is 0 Å². The van der Waals surface area contributed by atoms with Gasteiger partial charge in [-0.05, 0) is 24.3 Å². The largest absolute Gasteiger partial charge is 0.481 e. The average molecular weight is 289 g/mol. The van der Waals surface area contributed by atoms with Gasteiger partial charge in [0.1, 0.15) is 11.5 Å². The van der Waals surface area contributed by atoms with Gasteiger partial charge in [0.05, 0.1) is 23.2 Å². The van der Waals surface area contributed by atoms with Crippen LogP contribution in [0.4, 0.5) is 5.82 Å². The number of carbonyl (C=O) groups is 1. The molecule has 1 saturated heterocycles. The van der Waals surface area contributed by atoms with E-state index in [0.717, 1.165) is 35.8 Å². The van der Waals surface area contributed by atoms with E-state index in [-0.39, 0.29) is 5.92 Å². The lowest BCUT2D eigenvalue weighted by Gasteiger charge is -2.31. The van der Waals surface area contributed by atoms with Gasteiger partial charge in [-0.25, -0.2) is 4.98 Å². The lowest BCUT2D eigenvalue weighted by molar-refractivity contribution is -0.141. The van der Waals surface area contributed by atoms with Crippen LogP contribution in [-0.4, -0.2) is 34.1 Å². The Hall–Kier alpha value is -1.95. The van der Waals surface area contributed by atoms with Crippen molar-refractivity contribution in [2.45, 2.75) is 12.8 Å². The normalized spacial score (nSPS) is 19.0. The summed E-state index contributed by atoms with van der Waals surface area (Å²) in [6.07, 6.45) is 5.07. The van der Waals surface area contributed by atoms with Crippen LogP contribution in [0.1, 0.15) is 12.8 Å². The fourth-order valence-corrected chi connectivity index (χ4v) is 3.12. The van der Waals surface area contributed by atoms with Crippen LogP contribution < -0.4 is 4.90 Å². The molecule has 0 amide bonds. The Morgan fingerprint density at radius 2 is 2.35 bits per heavy atom. The van der Waals surface area contributed by atoms with Crippen molar-refractivity contribution in [3.05, 3.63) is 29.9 Å².